The molecule has 5 nitrogen and oxygen atoms in total. The van der Waals surface area contributed by atoms with Crippen molar-refractivity contribution < 1.29 is 9.59 Å². The summed E-state index contributed by atoms with van der Waals surface area (Å²) in [5, 5.41) is 4.91. The van der Waals surface area contributed by atoms with Crippen LogP contribution in [0.25, 0.3) is 0 Å². The highest BCUT2D eigenvalue weighted by Gasteiger charge is 2.25. The second-order valence-electron chi connectivity index (χ2n) is 5.62. The van der Waals surface area contributed by atoms with Crippen LogP contribution in [0.15, 0.2) is 46.7 Å². The first-order chi connectivity index (χ1) is 12.2. The van der Waals surface area contributed by atoms with Crippen molar-refractivity contribution >= 4 is 40.7 Å². The van der Waals surface area contributed by atoms with Crippen LogP contribution in [-0.2, 0) is 0 Å². The highest BCUT2D eigenvalue weighted by atomic mass is 32.2. The molecule has 1 aromatic heterocycles. The first-order valence-corrected chi connectivity index (χ1v) is 10.2. The van der Waals surface area contributed by atoms with Gasteiger partial charge in [0, 0.05) is 31.1 Å². The van der Waals surface area contributed by atoms with Gasteiger partial charge in [0.05, 0.1) is 10.6 Å². The third kappa shape index (κ3) is 4.35. The fourth-order valence-electron chi connectivity index (χ4n) is 2.71. The van der Waals surface area contributed by atoms with Crippen molar-refractivity contribution in [1.29, 1.82) is 0 Å². The van der Waals surface area contributed by atoms with E-state index in [0.717, 1.165) is 21.2 Å². The molecule has 25 heavy (non-hydrogen) atoms. The van der Waals surface area contributed by atoms with Gasteiger partial charge < -0.3 is 15.1 Å². The number of piperazine rings is 1. The quantitative estimate of drug-likeness (QED) is 0.826. The summed E-state index contributed by atoms with van der Waals surface area (Å²) in [4.78, 5) is 30.3. The second-order valence-corrected chi connectivity index (χ2v) is 7.87. The number of hydrogen-bond donors (Lipinski definition) is 1. The van der Waals surface area contributed by atoms with Crippen LogP contribution in [0.4, 0.5) is 10.5 Å². The lowest BCUT2D eigenvalue weighted by Crippen LogP contribution is -2.51. The summed E-state index contributed by atoms with van der Waals surface area (Å²) in [7, 11) is 0. The standard InChI is InChI=1S/C18H21N3O2S2/c1-2-24-15-7-4-3-6-14(15)19-18(23)21-11-9-20(10-12-21)17(22)16-8-5-13-25-16/h3-8,13H,2,9-12H2,1H3,(H,19,23). The zero-order chi connectivity index (χ0) is 17.6. The molecule has 1 aromatic carbocycles. The van der Waals surface area contributed by atoms with Crippen molar-refractivity contribution in [2.75, 3.05) is 37.2 Å². The fourth-order valence-corrected chi connectivity index (χ4v) is 4.17. The van der Waals surface area contributed by atoms with Crippen LogP contribution in [0.5, 0.6) is 0 Å². The van der Waals surface area contributed by atoms with Crippen LogP contribution in [0.1, 0.15) is 16.6 Å². The third-order valence-corrected chi connectivity index (χ3v) is 5.83. The number of benzene rings is 1. The van der Waals surface area contributed by atoms with Crippen LogP contribution in [0.2, 0.25) is 0 Å². The Balaban J connectivity index is 1.56. The monoisotopic (exact) mass is 375 g/mol. The first kappa shape index (κ1) is 17.8. The van der Waals surface area contributed by atoms with Crippen LogP contribution in [-0.4, -0.2) is 53.7 Å². The maximum absolute atomic E-state index is 12.5. The minimum absolute atomic E-state index is 0.0553. The minimum atomic E-state index is -0.104. The molecule has 1 fully saturated rings. The van der Waals surface area contributed by atoms with Crippen molar-refractivity contribution in [2.24, 2.45) is 0 Å². The van der Waals surface area contributed by atoms with Gasteiger partial charge in [-0.15, -0.1) is 23.1 Å². The molecule has 0 spiro atoms. The maximum Gasteiger partial charge on any atom is 0.321 e. The highest BCUT2D eigenvalue weighted by molar-refractivity contribution is 7.99. The molecule has 0 radical (unpaired) electrons. The Kier molecular flexibility index (Phi) is 5.99. The molecule has 1 aliphatic heterocycles. The number of nitrogens with one attached hydrogen (secondary N) is 1. The average molecular weight is 376 g/mol. The molecule has 2 heterocycles. The Morgan fingerprint density at radius 1 is 1.08 bits per heavy atom. The number of thioether (sulfide) groups is 1. The number of rotatable bonds is 4. The zero-order valence-electron chi connectivity index (χ0n) is 14.1. The summed E-state index contributed by atoms with van der Waals surface area (Å²) >= 11 is 3.16. The van der Waals surface area contributed by atoms with Crippen molar-refractivity contribution in [3.05, 3.63) is 46.7 Å². The Hall–Kier alpha value is -1.99. The van der Waals surface area contributed by atoms with E-state index in [9.17, 15) is 9.59 Å². The molecule has 0 bridgehead atoms. The number of anilines is 1. The lowest BCUT2D eigenvalue weighted by molar-refractivity contribution is 0.0676. The Morgan fingerprint density at radius 2 is 1.80 bits per heavy atom. The molecule has 0 atom stereocenters. The summed E-state index contributed by atoms with van der Waals surface area (Å²) in [6, 6.07) is 11.5. The Bertz CT molecular complexity index is 726. The lowest BCUT2D eigenvalue weighted by Gasteiger charge is -2.34. The predicted molar refractivity (Wildman–Crippen MR) is 104 cm³/mol. The van der Waals surface area contributed by atoms with Crippen LogP contribution >= 0.6 is 23.1 Å². The average Bonchev–Trinajstić information content (AvgIpc) is 3.18. The molecule has 0 unspecified atom stereocenters. The summed E-state index contributed by atoms with van der Waals surface area (Å²) in [5.74, 6) is 1.01. The number of carbonyl (C=O) groups is 2. The summed E-state index contributed by atoms with van der Waals surface area (Å²) < 4.78 is 0. The maximum atomic E-state index is 12.5. The van der Waals surface area contributed by atoms with E-state index in [1.54, 1.807) is 16.7 Å². The van der Waals surface area contributed by atoms with E-state index in [2.05, 4.69) is 12.2 Å². The molecule has 2 aromatic rings. The van der Waals surface area contributed by atoms with Gasteiger partial charge in [-0.25, -0.2) is 4.79 Å². The molecule has 3 rings (SSSR count). The van der Waals surface area contributed by atoms with E-state index in [1.807, 2.05) is 46.7 Å². The van der Waals surface area contributed by atoms with Crippen molar-refractivity contribution in [3.63, 3.8) is 0 Å². The normalized spacial score (nSPS) is 14.4. The lowest BCUT2D eigenvalue weighted by atomic mass is 10.3. The molecule has 132 valence electrons. The van der Waals surface area contributed by atoms with Gasteiger partial charge in [-0.2, -0.15) is 0 Å². The number of para-hydroxylation sites is 1. The van der Waals surface area contributed by atoms with Gasteiger partial charge >= 0.3 is 6.03 Å². The summed E-state index contributed by atoms with van der Waals surface area (Å²) in [5.41, 5.74) is 0.844. The topological polar surface area (TPSA) is 52.7 Å². The van der Waals surface area contributed by atoms with E-state index in [-0.39, 0.29) is 11.9 Å². The zero-order valence-corrected chi connectivity index (χ0v) is 15.7. The van der Waals surface area contributed by atoms with Crippen molar-refractivity contribution in [1.82, 2.24) is 9.80 Å². The Morgan fingerprint density at radius 3 is 2.48 bits per heavy atom. The minimum Gasteiger partial charge on any atom is -0.334 e. The molecule has 1 aliphatic rings. The van der Waals surface area contributed by atoms with Gasteiger partial charge in [-0.3, -0.25) is 4.79 Å². The molecular weight excluding hydrogens is 354 g/mol. The number of carbonyl (C=O) groups excluding carboxylic acids is 2. The summed E-state index contributed by atoms with van der Waals surface area (Å²) in [6.07, 6.45) is 0. The predicted octanol–water partition coefficient (Wildman–Crippen LogP) is 3.85. The highest BCUT2D eigenvalue weighted by Crippen LogP contribution is 2.27. The number of nitrogens with zero attached hydrogens (tertiary/aromatic N) is 2. The molecule has 3 amide bonds. The van der Waals surface area contributed by atoms with Gasteiger partial charge in [-0.1, -0.05) is 25.1 Å². The molecule has 1 N–H and O–H groups in total. The van der Waals surface area contributed by atoms with E-state index < -0.39 is 0 Å². The van der Waals surface area contributed by atoms with Gasteiger partial charge in [-0.05, 0) is 29.3 Å². The van der Waals surface area contributed by atoms with Crippen LogP contribution in [0, 0.1) is 0 Å². The molecule has 1 saturated heterocycles. The molecule has 0 saturated carbocycles. The van der Waals surface area contributed by atoms with Gasteiger partial charge in [0.2, 0.25) is 0 Å². The van der Waals surface area contributed by atoms with Crippen LogP contribution < -0.4 is 5.32 Å². The van der Waals surface area contributed by atoms with Gasteiger partial charge in [0.1, 0.15) is 0 Å². The number of thiophene rings is 1. The Labute approximate surface area is 156 Å². The molecule has 0 aliphatic carbocycles. The van der Waals surface area contributed by atoms with Gasteiger partial charge in [0.15, 0.2) is 0 Å². The van der Waals surface area contributed by atoms with E-state index in [1.165, 1.54) is 11.3 Å². The number of hydrogen-bond acceptors (Lipinski definition) is 4. The van der Waals surface area contributed by atoms with Crippen molar-refractivity contribution in [3.8, 4) is 0 Å². The molecule has 7 heteroatoms. The largest absolute Gasteiger partial charge is 0.334 e. The SMILES string of the molecule is CCSc1ccccc1NC(=O)N1CCN(C(=O)c2cccs2)CC1. The number of amides is 3. The van der Waals surface area contributed by atoms with Crippen LogP contribution in [0.3, 0.4) is 0 Å². The van der Waals surface area contributed by atoms with E-state index in [0.29, 0.717) is 26.2 Å². The summed E-state index contributed by atoms with van der Waals surface area (Å²) in [6.45, 7) is 4.32. The third-order valence-electron chi connectivity index (χ3n) is 4.01. The number of urea groups is 1. The molecular formula is C18H21N3O2S2. The smallest absolute Gasteiger partial charge is 0.321 e. The van der Waals surface area contributed by atoms with Crippen molar-refractivity contribution in [2.45, 2.75) is 11.8 Å². The van der Waals surface area contributed by atoms with E-state index >= 15 is 0 Å². The van der Waals surface area contributed by atoms with Gasteiger partial charge in [0.25, 0.3) is 5.91 Å². The van der Waals surface area contributed by atoms with E-state index in [4.69, 9.17) is 0 Å². The second kappa shape index (κ2) is 8.40. The first-order valence-electron chi connectivity index (χ1n) is 8.29. The fraction of sp³-hybridized carbons (Fsp3) is 0.333.